The molecule has 1 fully saturated rings. The van der Waals surface area contributed by atoms with Crippen LogP contribution in [0.1, 0.15) is 24.8 Å². The molecule has 1 aliphatic heterocycles. The predicted molar refractivity (Wildman–Crippen MR) is 60.3 cm³/mol. The summed E-state index contributed by atoms with van der Waals surface area (Å²) in [6.45, 7) is 0.931. The summed E-state index contributed by atoms with van der Waals surface area (Å²) >= 11 is 0. The highest BCUT2D eigenvalue weighted by Gasteiger charge is 2.13. The zero-order chi connectivity index (χ0) is 10.5. The molecule has 0 N–H and O–H groups in total. The fourth-order valence-corrected chi connectivity index (χ4v) is 1.99. The highest BCUT2D eigenvalue weighted by Crippen LogP contribution is 2.19. The van der Waals surface area contributed by atoms with E-state index in [2.05, 4.69) is 12.1 Å². The van der Waals surface area contributed by atoms with E-state index in [4.69, 9.17) is 9.47 Å². The number of rotatable bonds is 3. The maximum Gasteiger partial charge on any atom is 0.118 e. The van der Waals surface area contributed by atoms with Crippen LogP contribution >= 0.6 is 0 Å². The first-order valence-electron chi connectivity index (χ1n) is 5.63. The number of ether oxygens (including phenoxy) is 2. The van der Waals surface area contributed by atoms with Gasteiger partial charge in [-0.1, -0.05) is 12.1 Å². The fourth-order valence-electron chi connectivity index (χ4n) is 1.99. The molecule has 82 valence electrons. The van der Waals surface area contributed by atoms with Crippen molar-refractivity contribution in [2.75, 3.05) is 13.7 Å². The molecule has 1 aromatic carbocycles. The lowest BCUT2D eigenvalue weighted by Crippen LogP contribution is -2.21. The van der Waals surface area contributed by atoms with Crippen molar-refractivity contribution in [2.24, 2.45) is 0 Å². The molecule has 1 saturated heterocycles. The van der Waals surface area contributed by atoms with Gasteiger partial charge in [0, 0.05) is 6.61 Å². The third-order valence-electron chi connectivity index (χ3n) is 2.90. The first-order valence-corrected chi connectivity index (χ1v) is 5.63. The average Bonchev–Trinajstić information content (AvgIpc) is 2.31. The fraction of sp³-hybridized carbons (Fsp3) is 0.538. The smallest absolute Gasteiger partial charge is 0.118 e. The summed E-state index contributed by atoms with van der Waals surface area (Å²) in [7, 11) is 1.69. The summed E-state index contributed by atoms with van der Waals surface area (Å²) in [6.07, 6.45) is 5.18. The van der Waals surface area contributed by atoms with Crippen LogP contribution in [0, 0.1) is 0 Å². The molecule has 0 amide bonds. The molecule has 0 spiro atoms. The molecule has 1 atom stereocenters. The van der Waals surface area contributed by atoms with Gasteiger partial charge in [0.1, 0.15) is 5.75 Å². The van der Waals surface area contributed by atoms with Gasteiger partial charge in [0.05, 0.1) is 13.2 Å². The molecule has 2 nitrogen and oxygen atoms in total. The third kappa shape index (κ3) is 2.96. The van der Waals surface area contributed by atoms with Crippen LogP contribution in [0.4, 0.5) is 0 Å². The Labute approximate surface area is 91.2 Å². The molecule has 0 aromatic heterocycles. The van der Waals surface area contributed by atoms with Gasteiger partial charge in [-0.15, -0.1) is 0 Å². The van der Waals surface area contributed by atoms with Crippen molar-refractivity contribution in [1.82, 2.24) is 0 Å². The number of methoxy groups -OCH3 is 1. The SMILES string of the molecule is COc1ccc(CC2CCCCO2)cc1. The first kappa shape index (κ1) is 10.5. The molecular weight excluding hydrogens is 188 g/mol. The van der Waals surface area contributed by atoms with Crippen molar-refractivity contribution in [3.63, 3.8) is 0 Å². The quantitative estimate of drug-likeness (QED) is 0.757. The molecule has 15 heavy (non-hydrogen) atoms. The Kier molecular flexibility index (Phi) is 3.62. The Balaban J connectivity index is 1.91. The Morgan fingerprint density at radius 3 is 2.67 bits per heavy atom. The van der Waals surface area contributed by atoms with Crippen LogP contribution in [0.15, 0.2) is 24.3 Å². The monoisotopic (exact) mass is 206 g/mol. The molecule has 1 unspecified atom stereocenters. The minimum absolute atomic E-state index is 0.423. The molecule has 2 heteroatoms. The second-order valence-electron chi connectivity index (χ2n) is 4.04. The summed E-state index contributed by atoms with van der Waals surface area (Å²) in [6, 6.07) is 8.27. The summed E-state index contributed by atoms with van der Waals surface area (Å²) in [4.78, 5) is 0. The van der Waals surface area contributed by atoms with E-state index in [1.54, 1.807) is 7.11 Å². The zero-order valence-corrected chi connectivity index (χ0v) is 9.24. The summed E-state index contributed by atoms with van der Waals surface area (Å²) in [5.74, 6) is 0.920. The summed E-state index contributed by atoms with van der Waals surface area (Å²) in [5.41, 5.74) is 1.34. The van der Waals surface area contributed by atoms with Crippen LogP contribution in [0.5, 0.6) is 5.75 Å². The van der Waals surface area contributed by atoms with Gasteiger partial charge in [-0.25, -0.2) is 0 Å². The third-order valence-corrected chi connectivity index (χ3v) is 2.90. The van der Waals surface area contributed by atoms with Crippen molar-refractivity contribution in [2.45, 2.75) is 31.8 Å². The molecule has 1 heterocycles. The van der Waals surface area contributed by atoms with E-state index in [9.17, 15) is 0 Å². The van der Waals surface area contributed by atoms with Gasteiger partial charge in [-0.2, -0.15) is 0 Å². The molecule has 1 aromatic rings. The van der Waals surface area contributed by atoms with Crippen LogP contribution < -0.4 is 4.74 Å². The highest BCUT2D eigenvalue weighted by atomic mass is 16.5. The largest absolute Gasteiger partial charge is 0.497 e. The van der Waals surface area contributed by atoms with Crippen molar-refractivity contribution in [3.8, 4) is 5.75 Å². The first-order chi connectivity index (χ1) is 7.38. The van der Waals surface area contributed by atoms with Gasteiger partial charge in [0.15, 0.2) is 0 Å². The van der Waals surface area contributed by atoms with Gasteiger partial charge >= 0.3 is 0 Å². The van der Waals surface area contributed by atoms with E-state index in [1.807, 2.05) is 12.1 Å². The van der Waals surface area contributed by atoms with E-state index in [-0.39, 0.29) is 0 Å². The molecule has 0 saturated carbocycles. The standard InChI is InChI=1S/C13H18O2/c1-14-12-7-5-11(6-8-12)10-13-4-2-3-9-15-13/h5-8,13H,2-4,9-10H2,1H3. The van der Waals surface area contributed by atoms with Gasteiger partial charge in [0.2, 0.25) is 0 Å². The molecule has 0 bridgehead atoms. The van der Waals surface area contributed by atoms with E-state index in [1.165, 1.54) is 24.8 Å². The normalized spacial score (nSPS) is 21.3. The zero-order valence-electron chi connectivity index (χ0n) is 9.24. The van der Waals surface area contributed by atoms with Crippen molar-refractivity contribution >= 4 is 0 Å². The van der Waals surface area contributed by atoms with Gasteiger partial charge in [-0.05, 0) is 43.4 Å². The Bertz CT molecular complexity index is 286. The van der Waals surface area contributed by atoms with Crippen molar-refractivity contribution < 1.29 is 9.47 Å². The van der Waals surface area contributed by atoms with Crippen LogP contribution in [0.3, 0.4) is 0 Å². The summed E-state index contributed by atoms with van der Waals surface area (Å²) < 4.78 is 10.8. The maximum absolute atomic E-state index is 5.71. The molecule has 0 aliphatic carbocycles. The molecule has 0 radical (unpaired) electrons. The van der Waals surface area contributed by atoms with Crippen LogP contribution in [-0.2, 0) is 11.2 Å². The van der Waals surface area contributed by atoms with Gasteiger partial charge in [-0.3, -0.25) is 0 Å². The topological polar surface area (TPSA) is 18.5 Å². The molecule has 2 rings (SSSR count). The lowest BCUT2D eigenvalue weighted by Gasteiger charge is -2.22. The number of benzene rings is 1. The summed E-state index contributed by atoms with van der Waals surface area (Å²) in [5, 5.41) is 0. The van der Waals surface area contributed by atoms with E-state index < -0.39 is 0 Å². The molecule has 1 aliphatic rings. The van der Waals surface area contributed by atoms with Crippen molar-refractivity contribution in [1.29, 1.82) is 0 Å². The lowest BCUT2D eigenvalue weighted by molar-refractivity contribution is 0.0168. The Morgan fingerprint density at radius 1 is 1.27 bits per heavy atom. The highest BCUT2D eigenvalue weighted by molar-refractivity contribution is 5.27. The molecular formula is C13H18O2. The predicted octanol–water partition coefficient (Wildman–Crippen LogP) is 2.81. The van der Waals surface area contributed by atoms with Crippen LogP contribution in [0.2, 0.25) is 0 Å². The van der Waals surface area contributed by atoms with Crippen LogP contribution in [0.25, 0.3) is 0 Å². The van der Waals surface area contributed by atoms with E-state index in [0.29, 0.717) is 6.10 Å². The van der Waals surface area contributed by atoms with Crippen molar-refractivity contribution in [3.05, 3.63) is 29.8 Å². The minimum Gasteiger partial charge on any atom is -0.497 e. The van der Waals surface area contributed by atoms with E-state index >= 15 is 0 Å². The Morgan fingerprint density at radius 2 is 2.07 bits per heavy atom. The van der Waals surface area contributed by atoms with E-state index in [0.717, 1.165) is 18.8 Å². The number of hydrogen-bond acceptors (Lipinski definition) is 2. The van der Waals surface area contributed by atoms with Gasteiger partial charge < -0.3 is 9.47 Å². The maximum atomic E-state index is 5.71. The number of hydrogen-bond donors (Lipinski definition) is 0. The second kappa shape index (κ2) is 5.17. The van der Waals surface area contributed by atoms with Gasteiger partial charge in [0.25, 0.3) is 0 Å². The second-order valence-corrected chi connectivity index (χ2v) is 4.04. The minimum atomic E-state index is 0.423. The van der Waals surface area contributed by atoms with Crippen LogP contribution in [-0.4, -0.2) is 19.8 Å². The lowest BCUT2D eigenvalue weighted by atomic mass is 10.0. The average molecular weight is 206 g/mol. The Hall–Kier alpha value is -1.02.